The molecule has 130 valence electrons. The fraction of sp³-hybridized carbons (Fsp3) is 0.211. The van der Waals surface area contributed by atoms with E-state index in [4.69, 9.17) is 4.98 Å². The van der Waals surface area contributed by atoms with Crippen LogP contribution in [0.4, 0.5) is 10.2 Å². The van der Waals surface area contributed by atoms with Gasteiger partial charge in [0.05, 0.1) is 5.52 Å². The Hall–Kier alpha value is -3.06. The van der Waals surface area contributed by atoms with E-state index in [1.54, 1.807) is 22.7 Å². The maximum Gasteiger partial charge on any atom is 0.186 e. The molecular weight excluding hydrogens is 331 g/mol. The van der Waals surface area contributed by atoms with Gasteiger partial charge in [-0.2, -0.15) is 4.52 Å². The highest BCUT2D eigenvalue weighted by Crippen LogP contribution is 2.30. The zero-order valence-electron chi connectivity index (χ0n) is 14.1. The number of halogens is 1. The lowest BCUT2D eigenvalue weighted by Crippen LogP contribution is -2.44. The lowest BCUT2D eigenvalue weighted by molar-refractivity contribution is 0.586. The van der Waals surface area contributed by atoms with Gasteiger partial charge in [-0.05, 0) is 24.3 Å². The first-order valence-electron chi connectivity index (χ1n) is 8.67. The van der Waals surface area contributed by atoms with E-state index < -0.39 is 0 Å². The van der Waals surface area contributed by atoms with Crippen LogP contribution in [0.1, 0.15) is 0 Å². The molecule has 1 aliphatic rings. The molecule has 0 saturated carbocycles. The number of nitrogens with zero attached hydrogens (tertiary/aromatic N) is 5. The largest absolute Gasteiger partial charge is 0.353 e. The molecule has 1 N–H and O–H groups in total. The van der Waals surface area contributed by atoms with E-state index in [0.717, 1.165) is 42.9 Å². The molecule has 0 aliphatic carbocycles. The molecule has 2 aromatic carbocycles. The monoisotopic (exact) mass is 348 g/mol. The summed E-state index contributed by atoms with van der Waals surface area (Å²) in [5, 5.41) is 12.9. The molecule has 0 spiro atoms. The normalized spacial score (nSPS) is 15.0. The van der Waals surface area contributed by atoms with Crippen molar-refractivity contribution in [3.05, 3.63) is 54.3 Å². The van der Waals surface area contributed by atoms with E-state index in [9.17, 15) is 4.39 Å². The molecule has 0 amide bonds. The van der Waals surface area contributed by atoms with Gasteiger partial charge in [0.25, 0.3) is 0 Å². The molecule has 26 heavy (non-hydrogen) atoms. The lowest BCUT2D eigenvalue weighted by Gasteiger charge is -2.29. The quantitative estimate of drug-likeness (QED) is 0.603. The van der Waals surface area contributed by atoms with E-state index in [2.05, 4.69) is 20.5 Å². The number of benzene rings is 2. The molecule has 0 bridgehead atoms. The third-order valence-electron chi connectivity index (χ3n) is 4.78. The van der Waals surface area contributed by atoms with Crippen LogP contribution in [-0.2, 0) is 0 Å². The first-order chi connectivity index (χ1) is 12.8. The van der Waals surface area contributed by atoms with Gasteiger partial charge in [0.2, 0.25) is 0 Å². The highest BCUT2D eigenvalue weighted by atomic mass is 19.1. The Bertz CT molecular complexity index is 1100. The Morgan fingerprint density at radius 1 is 0.962 bits per heavy atom. The number of rotatable bonds is 2. The Morgan fingerprint density at radius 3 is 2.58 bits per heavy atom. The number of hydrogen-bond acceptors (Lipinski definition) is 5. The third kappa shape index (κ3) is 2.32. The molecule has 4 aromatic rings. The van der Waals surface area contributed by atoms with Crippen molar-refractivity contribution in [2.45, 2.75) is 0 Å². The van der Waals surface area contributed by atoms with Gasteiger partial charge in [0.1, 0.15) is 17.3 Å². The number of hydrogen-bond donors (Lipinski definition) is 1. The molecule has 2 aromatic heterocycles. The van der Waals surface area contributed by atoms with E-state index in [-0.39, 0.29) is 5.82 Å². The highest BCUT2D eigenvalue weighted by Gasteiger charge is 2.21. The second kappa shape index (κ2) is 6.03. The van der Waals surface area contributed by atoms with Gasteiger partial charge in [-0.25, -0.2) is 9.37 Å². The first kappa shape index (κ1) is 15.2. The van der Waals surface area contributed by atoms with Crippen molar-refractivity contribution < 1.29 is 4.39 Å². The fourth-order valence-corrected chi connectivity index (χ4v) is 3.49. The van der Waals surface area contributed by atoms with Crippen molar-refractivity contribution >= 4 is 22.4 Å². The summed E-state index contributed by atoms with van der Waals surface area (Å²) in [5.74, 6) is 0.572. The Morgan fingerprint density at radius 2 is 1.73 bits per heavy atom. The fourth-order valence-electron chi connectivity index (χ4n) is 3.49. The number of fused-ring (bicyclic) bond motifs is 3. The molecule has 3 heterocycles. The van der Waals surface area contributed by atoms with Crippen LogP contribution >= 0.6 is 0 Å². The molecule has 0 radical (unpaired) electrons. The number of aromatic nitrogens is 4. The summed E-state index contributed by atoms with van der Waals surface area (Å²) < 4.78 is 16.0. The Balaban J connectivity index is 1.81. The van der Waals surface area contributed by atoms with Crippen LogP contribution in [0, 0.1) is 5.82 Å². The molecule has 6 nitrogen and oxygen atoms in total. The van der Waals surface area contributed by atoms with Crippen LogP contribution in [0.3, 0.4) is 0 Å². The molecular formula is C19H17FN6. The minimum atomic E-state index is -0.325. The molecule has 7 heteroatoms. The van der Waals surface area contributed by atoms with Crippen molar-refractivity contribution in [1.82, 2.24) is 25.1 Å². The SMILES string of the molecule is Fc1ccccc1-c1nnn2c1nc(N1CCNCC1)c1ccccc12. The Kier molecular flexibility index (Phi) is 3.53. The van der Waals surface area contributed by atoms with Gasteiger partial charge < -0.3 is 10.2 Å². The summed E-state index contributed by atoms with van der Waals surface area (Å²) in [4.78, 5) is 7.13. The molecule has 0 atom stereocenters. The van der Waals surface area contributed by atoms with Gasteiger partial charge >= 0.3 is 0 Å². The predicted octanol–water partition coefficient (Wildman–Crippen LogP) is 2.49. The zero-order chi connectivity index (χ0) is 17.5. The molecule has 1 saturated heterocycles. The van der Waals surface area contributed by atoms with E-state index in [0.29, 0.717) is 16.9 Å². The van der Waals surface area contributed by atoms with Crippen molar-refractivity contribution in [1.29, 1.82) is 0 Å². The average Bonchev–Trinajstić information content (AvgIpc) is 3.12. The summed E-state index contributed by atoms with van der Waals surface area (Å²) in [7, 11) is 0. The lowest BCUT2D eigenvalue weighted by atomic mass is 10.1. The predicted molar refractivity (Wildman–Crippen MR) is 98.8 cm³/mol. The Labute approximate surface area is 149 Å². The summed E-state index contributed by atoms with van der Waals surface area (Å²) in [6.45, 7) is 3.59. The van der Waals surface area contributed by atoms with Crippen molar-refractivity contribution in [3.63, 3.8) is 0 Å². The van der Waals surface area contributed by atoms with Gasteiger partial charge in [-0.1, -0.05) is 29.5 Å². The topological polar surface area (TPSA) is 58.4 Å². The summed E-state index contributed by atoms with van der Waals surface area (Å²) >= 11 is 0. The molecule has 1 fully saturated rings. The molecule has 5 rings (SSSR count). The summed E-state index contributed by atoms with van der Waals surface area (Å²) in [5.41, 5.74) is 2.37. The van der Waals surface area contributed by atoms with Crippen molar-refractivity contribution in [3.8, 4) is 11.3 Å². The summed E-state index contributed by atoms with van der Waals surface area (Å²) in [6, 6.07) is 14.6. The molecule has 0 unspecified atom stereocenters. The van der Waals surface area contributed by atoms with Gasteiger partial charge in [0.15, 0.2) is 5.65 Å². The zero-order valence-corrected chi connectivity index (χ0v) is 14.1. The minimum absolute atomic E-state index is 0.325. The maximum atomic E-state index is 14.3. The number of anilines is 1. The first-order valence-corrected chi connectivity index (χ1v) is 8.67. The molecule has 1 aliphatic heterocycles. The maximum absolute atomic E-state index is 14.3. The second-order valence-electron chi connectivity index (χ2n) is 6.34. The highest BCUT2D eigenvalue weighted by molar-refractivity contribution is 5.93. The number of para-hydroxylation sites is 1. The van der Waals surface area contributed by atoms with Crippen LogP contribution < -0.4 is 10.2 Å². The standard InChI is InChI=1S/C19H17FN6/c20-15-7-3-1-5-13(15)17-19-22-18(25-11-9-21-10-12-25)14-6-2-4-8-16(14)26(19)24-23-17/h1-8,21H,9-12H2. The van der Waals surface area contributed by atoms with Gasteiger partial charge in [-0.15, -0.1) is 5.10 Å². The van der Waals surface area contributed by atoms with Crippen molar-refractivity contribution in [2.24, 2.45) is 0 Å². The van der Waals surface area contributed by atoms with Gasteiger partial charge in [-0.3, -0.25) is 0 Å². The van der Waals surface area contributed by atoms with Crippen LogP contribution in [-0.4, -0.2) is 46.0 Å². The van der Waals surface area contributed by atoms with Crippen LogP contribution in [0.25, 0.3) is 27.8 Å². The van der Waals surface area contributed by atoms with Gasteiger partial charge in [0, 0.05) is 37.1 Å². The van der Waals surface area contributed by atoms with E-state index in [1.165, 1.54) is 6.07 Å². The van der Waals surface area contributed by atoms with Crippen LogP contribution in [0.15, 0.2) is 48.5 Å². The van der Waals surface area contributed by atoms with Crippen LogP contribution in [0.5, 0.6) is 0 Å². The van der Waals surface area contributed by atoms with E-state index >= 15 is 0 Å². The number of nitrogens with one attached hydrogen (secondary N) is 1. The van der Waals surface area contributed by atoms with Crippen LogP contribution in [0.2, 0.25) is 0 Å². The second-order valence-corrected chi connectivity index (χ2v) is 6.34. The minimum Gasteiger partial charge on any atom is -0.353 e. The number of piperazine rings is 1. The average molecular weight is 348 g/mol. The smallest absolute Gasteiger partial charge is 0.186 e. The third-order valence-corrected chi connectivity index (χ3v) is 4.78. The van der Waals surface area contributed by atoms with E-state index in [1.807, 2.05) is 24.3 Å². The summed E-state index contributed by atoms with van der Waals surface area (Å²) in [6.07, 6.45) is 0. The van der Waals surface area contributed by atoms with Crippen molar-refractivity contribution in [2.75, 3.05) is 31.1 Å².